The number of nitrogens with one attached hydrogen (secondary N) is 2. The highest BCUT2D eigenvalue weighted by Crippen LogP contribution is 2.26. The number of hydrogen-bond acceptors (Lipinski definition) is 5. The van der Waals surface area contributed by atoms with Crippen LogP contribution in [0.1, 0.15) is 17.3 Å². The fourth-order valence-corrected chi connectivity index (χ4v) is 4.74. The standard InChI is InChI=1S/C24H21ClN4O4S/c1-2-33-20-11-9-18(10-12-20)28-34(31,32)22-16-17(8-13-21(22)25)24(30)26-23-14-15-29(27-23)19-6-4-3-5-7-19/h3-16,28H,2H2,1H3,(H,26,27,30). The van der Waals surface area contributed by atoms with Crippen molar-refractivity contribution in [1.29, 1.82) is 0 Å². The fraction of sp³-hybridized carbons (Fsp3) is 0.0833. The Labute approximate surface area is 202 Å². The summed E-state index contributed by atoms with van der Waals surface area (Å²) < 4.78 is 35.4. The van der Waals surface area contributed by atoms with Crippen LogP contribution in [-0.2, 0) is 10.0 Å². The number of amides is 1. The maximum atomic E-state index is 13.0. The molecule has 10 heteroatoms. The van der Waals surface area contributed by atoms with E-state index in [0.717, 1.165) is 5.69 Å². The van der Waals surface area contributed by atoms with Gasteiger partial charge in [0.1, 0.15) is 10.6 Å². The van der Waals surface area contributed by atoms with Crippen molar-refractivity contribution in [3.63, 3.8) is 0 Å². The molecule has 0 atom stereocenters. The van der Waals surface area contributed by atoms with Crippen LogP contribution in [0.2, 0.25) is 5.02 Å². The summed E-state index contributed by atoms with van der Waals surface area (Å²) in [7, 11) is -4.05. The van der Waals surface area contributed by atoms with Crippen LogP contribution in [0, 0.1) is 0 Å². The van der Waals surface area contributed by atoms with Gasteiger partial charge in [-0.15, -0.1) is 0 Å². The first-order chi connectivity index (χ1) is 16.4. The lowest BCUT2D eigenvalue weighted by Gasteiger charge is -2.12. The lowest BCUT2D eigenvalue weighted by molar-refractivity contribution is 0.102. The van der Waals surface area contributed by atoms with Gasteiger partial charge in [0.2, 0.25) is 0 Å². The molecule has 0 saturated heterocycles. The summed E-state index contributed by atoms with van der Waals surface area (Å²) in [5.74, 6) is 0.421. The normalized spacial score (nSPS) is 11.1. The number of rotatable bonds is 8. The summed E-state index contributed by atoms with van der Waals surface area (Å²) in [6, 6.07) is 21.6. The Hall–Kier alpha value is -3.82. The minimum atomic E-state index is -4.05. The molecule has 1 amide bonds. The van der Waals surface area contributed by atoms with Crippen molar-refractivity contribution in [3.8, 4) is 11.4 Å². The highest BCUT2D eigenvalue weighted by Gasteiger charge is 2.21. The minimum absolute atomic E-state index is 0.0108. The molecule has 0 unspecified atom stereocenters. The van der Waals surface area contributed by atoms with E-state index in [1.807, 2.05) is 37.3 Å². The molecule has 34 heavy (non-hydrogen) atoms. The molecule has 3 aromatic carbocycles. The number of hydrogen-bond donors (Lipinski definition) is 2. The molecule has 174 valence electrons. The monoisotopic (exact) mass is 496 g/mol. The van der Waals surface area contributed by atoms with Gasteiger partial charge in [0, 0.05) is 23.5 Å². The summed E-state index contributed by atoms with van der Waals surface area (Å²) in [4.78, 5) is 12.6. The zero-order valence-electron chi connectivity index (χ0n) is 18.1. The van der Waals surface area contributed by atoms with E-state index in [4.69, 9.17) is 16.3 Å². The SMILES string of the molecule is CCOc1ccc(NS(=O)(=O)c2cc(C(=O)Nc3ccn(-c4ccccc4)n3)ccc2Cl)cc1. The molecule has 0 saturated carbocycles. The maximum absolute atomic E-state index is 13.0. The second-order valence-electron chi connectivity index (χ2n) is 7.14. The molecule has 2 N–H and O–H groups in total. The third-order valence-corrected chi connectivity index (χ3v) is 6.61. The van der Waals surface area contributed by atoms with E-state index in [1.165, 1.54) is 18.2 Å². The molecule has 0 radical (unpaired) electrons. The molecule has 0 aliphatic carbocycles. The van der Waals surface area contributed by atoms with E-state index in [2.05, 4.69) is 15.1 Å². The van der Waals surface area contributed by atoms with Gasteiger partial charge in [0.25, 0.3) is 15.9 Å². The summed E-state index contributed by atoms with van der Waals surface area (Å²) in [6.07, 6.45) is 1.71. The van der Waals surface area contributed by atoms with Crippen molar-refractivity contribution >= 4 is 39.0 Å². The average Bonchev–Trinajstić information content (AvgIpc) is 3.29. The number of halogens is 1. The van der Waals surface area contributed by atoms with Gasteiger partial charge in [0.05, 0.1) is 17.3 Å². The average molecular weight is 497 g/mol. The summed E-state index contributed by atoms with van der Waals surface area (Å²) in [5.41, 5.74) is 1.29. The van der Waals surface area contributed by atoms with Crippen LogP contribution >= 0.6 is 11.6 Å². The van der Waals surface area contributed by atoms with Crippen molar-refractivity contribution in [1.82, 2.24) is 9.78 Å². The molecule has 8 nitrogen and oxygen atoms in total. The van der Waals surface area contributed by atoms with Crippen LogP contribution in [0.3, 0.4) is 0 Å². The van der Waals surface area contributed by atoms with E-state index in [0.29, 0.717) is 23.9 Å². The van der Waals surface area contributed by atoms with E-state index in [-0.39, 0.29) is 15.5 Å². The molecule has 0 aliphatic rings. The molecule has 4 aromatic rings. The predicted octanol–water partition coefficient (Wildman–Crippen LogP) is 4.98. The molecule has 1 heterocycles. The zero-order chi connectivity index (χ0) is 24.1. The molecule has 0 bridgehead atoms. The maximum Gasteiger partial charge on any atom is 0.263 e. The van der Waals surface area contributed by atoms with Crippen LogP contribution in [0.15, 0.2) is 90.0 Å². The van der Waals surface area contributed by atoms with E-state index >= 15 is 0 Å². The number of ether oxygens (including phenoxy) is 1. The molecule has 0 spiro atoms. The van der Waals surface area contributed by atoms with Gasteiger partial charge in [-0.1, -0.05) is 29.8 Å². The number of carbonyl (C=O) groups is 1. The Kier molecular flexibility index (Phi) is 6.85. The second kappa shape index (κ2) is 9.98. The highest BCUT2D eigenvalue weighted by atomic mass is 35.5. The highest BCUT2D eigenvalue weighted by molar-refractivity contribution is 7.92. The third kappa shape index (κ3) is 5.38. The van der Waals surface area contributed by atoms with Gasteiger partial charge >= 0.3 is 0 Å². The van der Waals surface area contributed by atoms with Gasteiger partial charge in [0.15, 0.2) is 5.82 Å². The fourth-order valence-electron chi connectivity index (χ4n) is 3.15. The summed E-state index contributed by atoms with van der Waals surface area (Å²) in [6.45, 7) is 2.36. The Morgan fingerprint density at radius 3 is 2.47 bits per heavy atom. The first kappa shape index (κ1) is 23.3. The van der Waals surface area contributed by atoms with E-state index in [1.54, 1.807) is 41.2 Å². The van der Waals surface area contributed by atoms with Crippen molar-refractivity contribution in [3.05, 3.63) is 95.6 Å². The molecule has 1 aromatic heterocycles. The Balaban J connectivity index is 1.52. The van der Waals surface area contributed by atoms with Crippen molar-refractivity contribution in [2.45, 2.75) is 11.8 Å². The Bertz CT molecular complexity index is 1400. The van der Waals surface area contributed by atoms with Crippen molar-refractivity contribution in [2.75, 3.05) is 16.6 Å². The molecule has 4 rings (SSSR count). The first-order valence-corrected chi connectivity index (χ1v) is 12.2. The number of benzene rings is 3. The number of aromatic nitrogens is 2. The minimum Gasteiger partial charge on any atom is -0.494 e. The van der Waals surface area contributed by atoms with Crippen LogP contribution < -0.4 is 14.8 Å². The second-order valence-corrected chi connectivity index (χ2v) is 9.20. The number of para-hydroxylation sites is 1. The predicted molar refractivity (Wildman–Crippen MR) is 131 cm³/mol. The summed E-state index contributed by atoms with van der Waals surface area (Å²) in [5, 5.41) is 6.99. The van der Waals surface area contributed by atoms with E-state index < -0.39 is 15.9 Å². The van der Waals surface area contributed by atoms with Crippen molar-refractivity contribution < 1.29 is 17.9 Å². The largest absolute Gasteiger partial charge is 0.494 e. The van der Waals surface area contributed by atoms with Crippen LogP contribution in [0.25, 0.3) is 5.69 Å². The van der Waals surface area contributed by atoms with Crippen LogP contribution in [0.5, 0.6) is 5.75 Å². The number of anilines is 2. The lowest BCUT2D eigenvalue weighted by atomic mass is 10.2. The zero-order valence-corrected chi connectivity index (χ0v) is 19.7. The summed E-state index contributed by atoms with van der Waals surface area (Å²) >= 11 is 6.16. The van der Waals surface area contributed by atoms with Gasteiger partial charge in [-0.2, -0.15) is 5.10 Å². The van der Waals surface area contributed by atoms with Gasteiger partial charge in [-0.3, -0.25) is 9.52 Å². The third-order valence-electron chi connectivity index (χ3n) is 4.75. The quantitative estimate of drug-likeness (QED) is 0.358. The molecule has 0 fully saturated rings. The lowest BCUT2D eigenvalue weighted by Crippen LogP contribution is -2.16. The van der Waals surface area contributed by atoms with Crippen LogP contribution in [-0.4, -0.2) is 30.7 Å². The van der Waals surface area contributed by atoms with Crippen LogP contribution in [0.4, 0.5) is 11.5 Å². The van der Waals surface area contributed by atoms with Gasteiger partial charge in [-0.25, -0.2) is 13.1 Å². The molecular weight excluding hydrogens is 476 g/mol. The number of nitrogens with zero attached hydrogens (tertiary/aromatic N) is 2. The smallest absolute Gasteiger partial charge is 0.263 e. The number of sulfonamides is 1. The Morgan fingerprint density at radius 1 is 1.03 bits per heavy atom. The number of carbonyl (C=O) groups excluding carboxylic acids is 1. The Morgan fingerprint density at radius 2 is 1.76 bits per heavy atom. The topological polar surface area (TPSA) is 102 Å². The molecule has 0 aliphatic heterocycles. The van der Waals surface area contributed by atoms with Gasteiger partial charge < -0.3 is 10.1 Å². The van der Waals surface area contributed by atoms with E-state index in [9.17, 15) is 13.2 Å². The first-order valence-electron chi connectivity index (χ1n) is 10.3. The van der Waals surface area contributed by atoms with Crippen molar-refractivity contribution in [2.24, 2.45) is 0 Å². The van der Waals surface area contributed by atoms with Gasteiger partial charge in [-0.05, 0) is 61.5 Å². The molecular formula is C24H21ClN4O4S.